The van der Waals surface area contributed by atoms with E-state index in [0.29, 0.717) is 11.8 Å². The van der Waals surface area contributed by atoms with Gasteiger partial charge in [-0.25, -0.2) is 0 Å². The maximum atomic E-state index is 10.8. The molecule has 3 unspecified atom stereocenters. The van der Waals surface area contributed by atoms with Crippen molar-refractivity contribution in [1.82, 2.24) is 0 Å². The van der Waals surface area contributed by atoms with Gasteiger partial charge >= 0.3 is 5.97 Å². The molecule has 0 spiro atoms. The zero-order chi connectivity index (χ0) is 12.6. The third-order valence-electron chi connectivity index (χ3n) is 4.02. The van der Waals surface area contributed by atoms with Gasteiger partial charge in [-0.05, 0) is 55.2 Å². The van der Waals surface area contributed by atoms with Crippen molar-refractivity contribution < 1.29 is 9.90 Å². The van der Waals surface area contributed by atoms with E-state index in [0.717, 1.165) is 12.8 Å². The third-order valence-corrected chi connectivity index (χ3v) is 4.02. The molecule has 1 aromatic carbocycles. The monoisotopic (exact) mass is 232 g/mol. The van der Waals surface area contributed by atoms with E-state index in [9.17, 15) is 4.79 Å². The maximum absolute atomic E-state index is 10.8. The van der Waals surface area contributed by atoms with E-state index >= 15 is 0 Å². The predicted molar refractivity (Wildman–Crippen MR) is 68.0 cm³/mol. The summed E-state index contributed by atoms with van der Waals surface area (Å²) in [5.41, 5.74) is 3.97. The summed E-state index contributed by atoms with van der Waals surface area (Å²) in [5.74, 6) is 0.144. The fourth-order valence-electron chi connectivity index (χ4n) is 2.58. The van der Waals surface area contributed by atoms with Crippen LogP contribution in [0.1, 0.15) is 30.0 Å². The lowest BCUT2D eigenvalue weighted by molar-refractivity contribution is -0.139. The van der Waals surface area contributed by atoms with Crippen LogP contribution in [0.5, 0.6) is 0 Å². The van der Waals surface area contributed by atoms with Gasteiger partial charge in [0.25, 0.3) is 0 Å². The lowest BCUT2D eigenvalue weighted by atomic mass is 9.94. The van der Waals surface area contributed by atoms with E-state index in [4.69, 9.17) is 5.11 Å². The number of hydrogen-bond acceptors (Lipinski definition) is 1. The molecule has 1 fully saturated rings. The molecule has 1 saturated carbocycles. The minimum absolute atomic E-state index is 0.0865. The molecule has 17 heavy (non-hydrogen) atoms. The molecule has 1 aliphatic rings. The maximum Gasteiger partial charge on any atom is 0.306 e. The van der Waals surface area contributed by atoms with Gasteiger partial charge < -0.3 is 5.11 Å². The fraction of sp³-hybridized carbons (Fsp3) is 0.533. The molecule has 1 aliphatic carbocycles. The quantitative estimate of drug-likeness (QED) is 0.865. The lowest BCUT2D eigenvalue weighted by Crippen LogP contribution is -2.08. The highest BCUT2D eigenvalue weighted by Gasteiger charge is 2.45. The number of aryl methyl sites for hydroxylation is 2. The van der Waals surface area contributed by atoms with Gasteiger partial charge in [0, 0.05) is 0 Å². The molecule has 1 N–H and O–H groups in total. The summed E-state index contributed by atoms with van der Waals surface area (Å²) in [5, 5.41) is 8.92. The zero-order valence-electron chi connectivity index (χ0n) is 10.7. The fourth-order valence-corrected chi connectivity index (χ4v) is 2.58. The smallest absolute Gasteiger partial charge is 0.306 e. The van der Waals surface area contributed by atoms with Crippen molar-refractivity contribution in [1.29, 1.82) is 0 Å². The van der Waals surface area contributed by atoms with Crippen molar-refractivity contribution in [3.63, 3.8) is 0 Å². The van der Waals surface area contributed by atoms with Crippen LogP contribution in [-0.2, 0) is 11.2 Å². The Morgan fingerprint density at radius 3 is 2.65 bits per heavy atom. The van der Waals surface area contributed by atoms with Crippen molar-refractivity contribution >= 4 is 5.97 Å². The second-order valence-corrected chi connectivity index (χ2v) is 5.44. The Kier molecular flexibility index (Phi) is 3.23. The van der Waals surface area contributed by atoms with Crippen LogP contribution in [0.2, 0.25) is 0 Å². The van der Waals surface area contributed by atoms with Crippen molar-refractivity contribution in [2.75, 3.05) is 0 Å². The first-order valence-corrected chi connectivity index (χ1v) is 6.28. The first-order valence-electron chi connectivity index (χ1n) is 6.28. The van der Waals surface area contributed by atoms with E-state index in [2.05, 4.69) is 39.0 Å². The van der Waals surface area contributed by atoms with E-state index in [1.807, 2.05) is 0 Å². The van der Waals surface area contributed by atoms with Crippen molar-refractivity contribution in [3.05, 3.63) is 34.9 Å². The van der Waals surface area contributed by atoms with Crippen molar-refractivity contribution in [2.24, 2.45) is 17.8 Å². The van der Waals surface area contributed by atoms with Gasteiger partial charge in [0.1, 0.15) is 0 Å². The second kappa shape index (κ2) is 4.52. The summed E-state index contributed by atoms with van der Waals surface area (Å²) in [6.07, 6.45) is 1.86. The Hall–Kier alpha value is -1.31. The highest BCUT2D eigenvalue weighted by molar-refractivity contribution is 5.73. The van der Waals surface area contributed by atoms with E-state index in [-0.39, 0.29) is 5.92 Å². The summed E-state index contributed by atoms with van der Waals surface area (Å²) in [6, 6.07) is 6.54. The van der Waals surface area contributed by atoms with E-state index < -0.39 is 5.97 Å². The standard InChI is InChI=1S/C15H20O2/c1-9-4-5-12(6-10(9)2)7-11(3)13-8-14(13)15(16)17/h4-6,11,13-14H,7-8H2,1-3H3,(H,16,17). The Bertz CT molecular complexity index is 437. The molecule has 0 amide bonds. The minimum atomic E-state index is -0.623. The van der Waals surface area contributed by atoms with Crippen LogP contribution >= 0.6 is 0 Å². The summed E-state index contributed by atoms with van der Waals surface area (Å²) >= 11 is 0. The highest BCUT2D eigenvalue weighted by Crippen LogP contribution is 2.45. The number of carboxylic acids is 1. The summed E-state index contributed by atoms with van der Waals surface area (Å²) in [4.78, 5) is 10.8. The second-order valence-electron chi connectivity index (χ2n) is 5.44. The van der Waals surface area contributed by atoms with Gasteiger partial charge in [0.15, 0.2) is 0 Å². The van der Waals surface area contributed by atoms with Crippen LogP contribution in [0.25, 0.3) is 0 Å². The highest BCUT2D eigenvalue weighted by atomic mass is 16.4. The van der Waals surface area contributed by atoms with Gasteiger partial charge in [-0.3, -0.25) is 4.79 Å². The zero-order valence-corrected chi connectivity index (χ0v) is 10.7. The summed E-state index contributed by atoms with van der Waals surface area (Å²) in [6.45, 7) is 6.41. The van der Waals surface area contributed by atoms with Crippen LogP contribution in [0.15, 0.2) is 18.2 Å². The largest absolute Gasteiger partial charge is 0.481 e. The molecule has 92 valence electrons. The number of rotatable bonds is 4. The molecule has 0 saturated heterocycles. The Labute approximate surface area is 103 Å². The number of aliphatic carboxylic acids is 1. The van der Waals surface area contributed by atoms with Crippen molar-refractivity contribution in [2.45, 2.75) is 33.6 Å². The number of carbonyl (C=O) groups is 1. The summed E-state index contributed by atoms with van der Waals surface area (Å²) < 4.78 is 0. The predicted octanol–water partition coefficient (Wildman–Crippen LogP) is 3.20. The topological polar surface area (TPSA) is 37.3 Å². The Morgan fingerprint density at radius 2 is 2.12 bits per heavy atom. The molecule has 0 radical (unpaired) electrons. The van der Waals surface area contributed by atoms with Gasteiger partial charge in [-0.1, -0.05) is 25.1 Å². The summed E-state index contributed by atoms with van der Waals surface area (Å²) in [7, 11) is 0. The average Bonchev–Trinajstić information content (AvgIpc) is 3.03. The molecule has 3 atom stereocenters. The first-order chi connectivity index (χ1) is 7.99. The van der Waals surface area contributed by atoms with Gasteiger partial charge in [-0.2, -0.15) is 0 Å². The van der Waals surface area contributed by atoms with Crippen LogP contribution in [-0.4, -0.2) is 11.1 Å². The molecule has 2 nitrogen and oxygen atoms in total. The third kappa shape index (κ3) is 2.68. The van der Waals surface area contributed by atoms with Crippen LogP contribution < -0.4 is 0 Å². The average molecular weight is 232 g/mol. The Balaban J connectivity index is 1.97. The number of carboxylic acid groups (broad SMARTS) is 1. The lowest BCUT2D eigenvalue weighted by Gasteiger charge is -2.12. The molecule has 0 bridgehead atoms. The van der Waals surface area contributed by atoms with Crippen molar-refractivity contribution in [3.8, 4) is 0 Å². The molecule has 0 aliphatic heterocycles. The minimum Gasteiger partial charge on any atom is -0.481 e. The van der Waals surface area contributed by atoms with E-state index in [1.54, 1.807) is 0 Å². The van der Waals surface area contributed by atoms with Gasteiger partial charge in [0.05, 0.1) is 5.92 Å². The molecule has 0 aromatic heterocycles. The van der Waals surface area contributed by atoms with Gasteiger partial charge in [0.2, 0.25) is 0 Å². The SMILES string of the molecule is Cc1ccc(CC(C)C2CC2C(=O)O)cc1C. The molecule has 2 rings (SSSR count). The van der Waals surface area contributed by atoms with Crippen LogP contribution in [0.3, 0.4) is 0 Å². The van der Waals surface area contributed by atoms with Crippen LogP contribution in [0.4, 0.5) is 0 Å². The Morgan fingerprint density at radius 1 is 1.41 bits per heavy atom. The van der Waals surface area contributed by atoms with E-state index in [1.165, 1.54) is 16.7 Å². The molecular weight excluding hydrogens is 212 g/mol. The number of benzene rings is 1. The number of hydrogen-bond donors (Lipinski definition) is 1. The molecule has 1 aromatic rings. The molecule has 0 heterocycles. The van der Waals surface area contributed by atoms with Gasteiger partial charge in [-0.15, -0.1) is 0 Å². The first kappa shape index (κ1) is 12.2. The normalized spacial score (nSPS) is 24.4. The molecule has 2 heteroatoms. The molecular formula is C15H20O2. The van der Waals surface area contributed by atoms with Crippen LogP contribution in [0, 0.1) is 31.6 Å².